The number of fused-ring (bicyclic) bond motifs is 12. The summed E-state index contributed by atoms with van der Waals surface area (Å²) in [7, 11) is 0. The van der Waals surface area contributed by atoms with Crippen LogP contribution < -0.4 is 0 Å². The van der Waals surface area contributed by atoms with Crippen LogP contribution in [0.1, 0.15) is 0 Å². The highest BCUT2D eigenvalue weighted by Gasteiger charge is 2.26. The molecule has 0 amide bonds. The Morgan fingerprint density at radius 3 is 2.05 bits per heavy atom. The molecule has 9 aromatic rings. The molecule has 40 heavy (non-hydrogen) atoms. The fraction of sp³-hybridized carbons (Fsp3) is 0. The number of rotatable bonds is 1. The van der Waals surface area contributed by atoms with E-state index >= 15 is 0 Å². The van der Waals surface area contributed by atoms with E-state index in [9.17, 15) is 0 Å². The van der Waals surface area contributed by atoms with Crippen LogP contribution in [-0.4, -0.2) is 4.57 Å². The molecule has 184 valence electrons. The Morgan fingerprint density at radius 2 is 1.12 bits per heavy atom. The van der Waals surface area contributed by atoms with Gasteiger partial charge in [0.1, 0.15) is 11.2 Å². The average molecular weight is 508 g/mol. The lowest BCUT2D eigenvalue weighted by Gasteiger charge is -2.11. The van der Waals surface area contributed by atoms with Gasteiger partial charge in [-0.3, -0.25) is 0 Å². The molecule has 0 bridgehead atoms. The van der Waals surface area contributed by atoms with E-state index in [0.717, 1.165) is 27.6 Å². The van der Waals surface area contributed by atoms with Crippen LogP contribution in [0, 0.1) is 0 Å². The van der Waals surface area contributed by atoms with E-state index in [4.69, 9.17) is 4.42 Å². The first kappa shape index (κ1) is 20.6. The smallest absolute Gasteiger partial charge is 0.137 e. The van der Waals surface area contributed by atoms with Gasteiger partial charge in [-0.2, -0.15) is 0 Å². The summed E-state index contributed by atoms with van der Waals surface area (Å²) >= 11 is 0. The van der Waals surface area contributed by atoms with Gasteiger partial charge in [0.25, 0.3) is 0 Å². The van der Waals surface area contributed by atoms with Crippen molar-refractivity contribution < 1.29 is 4.42 Å². The molecule has 0 saturated carbocycles. The zero-order valence-corrected chi connectivity index (χ0v) is 21.5. The first-order valence-electron chi connectivity index (χ1n) is 13.8. The van der Waals surface area contributed by atoms with Crippen LogP contribution in [0.2, 0.25) is 0 Å². The molecule has 0 aliphatic heterocycles. The van der Waals surface area contributed by atoms with Gasteiger partial charge in [-0.1, -0.05) is 97.1 Å². The van der Waals surface area contributed by atoms with Gasteiger partial charge in [-0.15, -0.1) is 0 Å². The highest BCUT2D eigenvalue weighted by molar-refractivity contribution is 6.31. The lowest BCUT2D eigenvalue weighted by atomic mass is 9.97. The largest absolute Gasteiger partial charge is 0.456 e. The van der Waals surface area contributed by atoms with Gasteiger partial charge in [0.05, 0.1) is 11.0 Å². The van der Waals surface area contributed by atoms with E-state index in [1.165, 1.54) is 65.6 Å². The van der Waals surface area contributed by atoms with Crippen molar-refractivity contribution in [2.45, 2.75) is 0 Å². The molecule has 0 N–H and O–H groups in total. The minimum absolute atomic E-state index is 0.909. The minimum Gasteiger partial charge on any atom is -0.456 e. The third-order valence-corrected chi connectivity index (χ3v) is 8.90. The quantitative estimate of drug-likeness (QED) is 0.216. The van der Waals surface area contributed by atoms with Gasteiger partial charge in [0.2, 0.25) is 0 Å². The number of furan rings is 1. The van der Waals surface area contributed by atoms with Gasteiger partial charge in [-0.25, -0.2) is 0 Å². The summed E-state index contributed by atoms with van der Waals surface area (Å²) in [6.45, 7) is 0. The van der Waals surface area contributed by atoms with E-state index in [1.54, 1.807) is 0 Å². The van der Waals surface area contributed by atoms with Gasteiger partial charge in [-0.05, 0) is 62.7 Å². The van der Waals surface area contributed by atoms with Crippen molar-refractivity contribution in [2.24, 2.45) is 0 Å². The van der Waals surface area contributed by atoms with E-state index in [-0.39, 0.29) is 0 Å². The zero-order chi connectivity index (χ0) is 25.9. The van der Waals surface area contributed by atoms with E-state index in [0.29, 0.717) is 0 Å². The van der Waals surface area contributed by atoms with Crippen LogP contribution in [0.25, 0.3) is 93.2 Å². The zero-order valence-electron chi connectivity index (χ0n) is 21.5. The van der Waals surface area contributed by atoms with Crippen molar-refractivity contribution in [3.63, 3.8) is 0 Å². The minimum atomic E-state index is 0.909. The average Bonchev–Trinajstić information content (AvgIpc) is 3.66. The molecule has 1 aliphatic carbocycles. The normalized spacial score (nSPS) is 12.5. The molecule has 1 aliphatic rings. The number of benzene rings is 7. The summed E-state index contributed by atoms with van der Waals surface area (Å²) in [5.74, 6) is 0. The third kappa shape index (κ3) is 2.45. The van der Waals surface area contributed by atoms with Crippen molar-refractivity contribution in [3.05, 3.63) is 127 Å². The topological polar surface area (TPSA) is 18.1 Å². The molecule has 10 rings (SSSR count). The number of aromatic nitrogens is 1. The molecular weight excluding hydrogens is 486 g/mol. The highest BCUT2D eigenvalue weighted by atomic mass is 16.3. The molecule has 2 heteroatoms. The second kappa shape index (κ2) is 7.19. The molecule has 0 spiro atoms. The van der Waals surface area contributed by atoms with Crippen molar-refractivity contribution in [1.82, 2.24) is 4.57 Å². The van der Waals surface area contributed by atoms with Crippen molar-refractivity contribution in [2.75, 3.05) is 0 Å². The number of nitrogens with zero attached hydrogens (tertiary/aromatic N) is 1. The van der Waals surface area contributed by atoms with Crippen LogP contribution in [-0.2, 0) is 0 Å². The van der Waals surface area contributed by atoms with E-state index in [2.05, 4.69) is 120 Å². The molecular formula is C38H21NO. The highest BCUT2D eigenvalue weighted by Crippen LogP contribution is 2.51. The Hall–Kier alpha value is -5.34. The maximum Gasteiger partial charge on any atom is 0.137 e. The molecule has 2 aromatic heterocycles. The molecule has 2 nitrogen and oxygen atoms in total. The third-order valence-electron chi connectivity index (χ3n) is 8.90. The molecule has 7 aromatic carbocycles. The predicted molar refractivity (Wildman–Crippen MR) is 168 cm³/mol. The van der Waals surface area contributed by atoms with Crippen LogP contribution in [0.15, 0.2) is 132 Å². The van der Waals surface area contributed by atoms with Crippen LogP contribution in [0.3, 0.4) is 0 Å². The summed E-state index contributed by atoms with van der Waals surface area (Å²) in [5.41, 5.74) is 10.7. The SMILES string of the molecule is c1ccc2c(c1)-c1cccc3c1c-2cc1c3c2ccc3ccccc3c2n1-c1ccc2c(c1)oc1ccccc12. The van der Waals surface area contributed by atoms with Gasteiger partial charge in [0, 0.05) is 38.7 Å². The monoisotopic (exact) mass is 507 g/mol. The molecule has 0 saturated heterocycles. The lowest BCUT2D eigenvalue weighted by Crippen LogP contribution is -1.94. The number of para-hydroxylation sites is 1. The fourth-order valence-corrected chi connectivity index (χ4v) is 7.26. The van der Waals surface area contributed by atoms with Crippen LogP contribution in [0.5, 0.6) is 0 Å². The number of hydrogen-bond donors (Lipinski definition) is 0. The second-order valence-electron chi connectivity index (χ2n) is 10.9. The molecule has 0 unspecified atom stereocenters. The molecule has 0 radical (unpaired) electrons. The first-order valence-corrected chi connectivity index (χ1v) is 13.8. The second-order valence-corrected chi connectivity index (χ2v) is 10.9. The molecule has 0 fully saturated rings. The van der Waals surface area contributed by atoms with Crippen molar-refractivity contribution >= 4 is 65.3 Å². The Labute approximate surface area is 229 Å². The van der Waals surface area contributed by atoms with Crippen LogP contribution >= 0.6 is 0 Å². The van der Waals surface area contributed by atoms with E-state index < -0.39 is 0 Å². The predicted octanol–water partition coefficient (Wildman–Crippen LogP) is 10.6. The summed E-state index contributed by atoms with van der Waals surface area (Å²) in [5, 5.41) is 10.0. The standard InChI is InChI=1S/C38H21NO/c1-2-9-24-22(8-1)16-18-31-37-30-14-7-13-29-25-10-3-4-11-26(25)32(36(29)30)21-33(37)39(38(24)31)23-17-19-28-27-12-5-6-15-34(27)40-35(28)20-23/h1-21H. The number of hydrogen-bond acceptors (Lipinski definition) is 1. The molecule has 2 heterocycles. The van der Waals surface area contributed by atoms with Gasteiger partial charge >= 0.3 is 0 Å². The van der Waals surface area contributed by atoms with Crippen molar-refractivity contribution in [1.29, 1.82) is 0 Å². The Morgan fingerprint density at radius 1 is 0.425 bits per heavy atom. The van der Waals surface area contributed by atoms with Crippen LogP contribution in [0.4, 0.5) is 0 Å². The van der Waals surface area contributed by atoms with Crippen molar-refractivity contribution in [3.8, 4) is 27.9 Å². The molecule has 0 atom stereocenters. The maximum atomic E-state index is 6.36. The Bertz CT molecular complexity index is 2540. The Kier molecular flexibility index (Phi) is 3.70. The maximum absolute atomic E-state index is 6.36. The summed E-state index contributed by atoms with van der Waals surface area (Å²) in [4.78, 5) is 0. The van der Waals surface area contributed by atoms with Gasteiger partial charge in [0.15, 0.2) is 0 Å². The first-order chi connectivity index (χ1) is 19.8. The summed E-state index contributed by atoms with van der Waals surface area (Å²) in [6, 6.07) is 46.3. The van der Waals surface area contributed by atoms with E-state index in [1.807, 2.05) is 12.1 Å². The summed E-state index contributed by atoms with van der Waals surface area (Å²) < 4.78 is 8.82. The fourth-order valence-electron chi connectivity index (χ4n) is 7.26. The Balaban J connectivity index is 1.43. The van der Waals surface area contributed by atoms with Gasteiger partial charge < -0.3 is 8.98 Å². The lowest BCUT2D eigenvalue weighted by molar-refractivity contribution is 0.668. The summed E-state index contributed by atoms with van der Waals surface area (Å²) in [6.07, 6.45) is 0.